The second kappa shape index (κ2) is 7.41. The highest BCUT2D eigenvalue weighted by molar-refractivity contribution is 5.52. The molecule has 0 spiro atoms. The van der Waals surface area contributed by atoms with Crippen LogP contribution in [0.4, 0.5) is 8.78 Å². The van der Waals surface area contributed by atoms with Crippen molar-refractivity contribution < 1.29 is 13.5 Å². The van der Waals surface area contributed by atoms with Crippen molar-refractivity contribution in [3.05, 3.63) is 56.9 Å². The van der Waals surface area contributed by atoms with E-state index < -0.39 is 17.8 Å². The Morgan fingerprint density at radius 1 is 1.09 bits per heavy atom. The zero-order valence-corrected chi connectivity index (χ0v) is 20.0. The van der Waals surface area contributed by atoms with Gasteiger partial charge in [-0.2, -0.15) is 14.7 Å². The van der Waals surface area contributed by atoms with E-state index in [4.69, 9.17) is 14.8 Å². The van der Waals surface area contributed by atoms with E-state index in [1.54, 1.807) is 6.92 Å². The summed E-state index contributed by atoms with van der Waals surface area (Å²) in [6.07, 6.45) is 8.69. The van der Waals surface area contributed by atoms with Crippen molar-refractivity contribution in [3.8, 4) is 0 Å². The second-order valence-corrected chi connectivity index (χ2v) is 11.0. The minimum atomic E-state index is -2.53. The van der Waals surface area contributed by atoms with Crippen LogP contribution in [0.5, 0.6) is 0 Å². The molecule has 0 radical (unpaired) electrons. The van der Waals surface area contributed by atoms with Crippen LogP contribution in [0.2, 0.25) is 0 Å². The summed E-state index contributed by atoms with van der Waals surface area (Å²) in [7, 11) is 0. The standard InChI is InChI=1S/C26H29F2N5O2/c1-13-14(2)30-24-19(16-7-20-21(8-16)26(20,27)28)10-22(31-33(24)25(13)34)15-5-6-35-23(9-15)17-11-29-32(12-17)18-3-4-18/h10-12,15-16,18,20-21,23H,3-9H2,1-2H3/t15-,16?,20-,21+,23+/m0/s1. The van der Waals surface area contributed by atoms with Crippen LogP contribution in [-0.4, -0.2) is 36.9 Å². The average Bonchev–Trinajstić information content (AvgIpc) is 3.60. The van der Waals surface area contributed by atoms with Crippen LogP contribution < -0.4 is 5.56 Å². The van der Waals surface area contributed by atoms with Crippen LogP contribution in [-0.2, 0) is 4.74 Å². The van der Waals surface area contributed by atoms with E-state index in [9.17, 15) is 13.6 Å². The fourth-order valence-electron chi connectivity index (χ4n) is 6.27. The number of alkyl halides is 2. The molecule has 9 heteroatoms. The predicted octanol–water partition coefficient (Wildman–Crippen LogP) is 4.63. The molecule has 1 saturated heterocycles. The third-order valence-corrected chi connectivity index (χ3v) is 8.81. The first-order valence-electron chi connectivity index (χ1n) is 12.8. The fourth-order valence-corrected chi connectivity index (χ4v) is 6.27. The van der Waals surface area contributed by atoms with Gasteiger partial charge in [0, 0.05) is 52.9 Å². The van der Waals surface area contributed by atoms with E-state index in [1.165, 1.54) is 17.4 Å². The largest absolute Gasteiger partial charge is 0.373 e. The van der Waals surface area contributed by atoms with Crippen molar-refractivity contribution in [2.75, 3.05) is 6.61 Å². The van der Waals surface area contributed by atoms with Crippen LogP contribution in [0.1, 0.15) is 90.6 Å². The summed E-state index contributed by atoms with van der Waals surface area (Å²) in [5.41, 5.74) is 4.36. The first-order chi connectivity index (χ1) is 16.8. The van der Waals surface area contributed by atoms with E-state index >= 15 is 0 Å². The number of aryl methyl sites for hydroxylation is 1. The molecule has 7 nitrogen and oxygen atoms in total. The molecule has 3 aromatic heterocycles. The van der Waals surface area contributed by atoms with E-state index in [0.717, 1.165) is 29.7 Å². The van der Waals surface area contributed by atoms with Crippen molar-refractivity contribution >= 4 is 5.65 Å². The number of hydrogen-bond donors (Lipinski definition) is 0. The number of nitrogens with zero attached hydrogens (tertiary/aromatic N) is 5. The van der Waals surface area contributed by atoms with Crippen molar-refractivity contribution in [3.63, 3.8) is 0 Å². The van der Waals surface area contributed by atoms with Crippen LogP contribution in [0.15, 0.2) is 23.3 Å². The van der Waals surface area contributed by atoms with E-state index in [1.807, 2.05) is 23.9 Å². The Hall–Kier alpha value is -2.68. The predicted molar refractivity (Wildman–Crippen MR) is 124 cm³/mol. The van der Waals surface area contributed by atoms with E-state index in [0.29, 0.717) is 42.4 Å². The van der Waals surface area contributed by atoms with Gasteiger partial charge in [-0.3, -0.25) is 9.48 Å². The topological polar surface area (TPSA) is 74.3 Å². The van der Waals surface area contributed by atoms with Crippen molar-refractivity contribution in [2.24, 2.45) is 11.8 Å². The molecule has 0 amide bonds. The fraction of sp³-hybridized carbons (Fsp3) is 0.615. The van der Waals surface area contributed by atoms with Gasteiger partial charge >= 0.3 is 0 Å². The smallest absolute Gasteiger partial charge is 0.277 e. The molecule has 0 bridgehead atoms. The Balaban J connectivity index is 1.26. The van der Waals surface area contributed by atoms with E-state index in [-0.39, 0.29) is 23.5 Å². The van der Waals surface area contributed by atoms with Gasteiger partial charge in [-0.25, -0.2) is 13.8 Å². The monoisotopic (exact) mass is 481 g/mol. The molecule has 0 N–H and O–H groups in total. The third kappa shape index (κ3) is 3.37. The molecule has 0 aromatic carbocycles. The summed E-state index contributed by atoms with van der Waals surface area (Å²) in [4.78, 5) is 17.9. The molecule has 1 unspecified atom stereocenters. The lowest BCUT2D eigenvalue weighted by Crippen LogP contribution is -2.26. The maximum atomic E-state index is 14.0. The minimum absolute atomic E-state index is 0.0252. The molecular formula is C26H29F2N5O2. The Kier molecular flexibility index (Phi) is 4.57. The molecular weight excluding hydrogens is 452 g/mol. The number of halogens is 2. The van der Waals surface area contributed by atoms with Crippen LogP contribution in [0, 0.1) is 25.7 Å². The number of aromatic nitrogens is 5. The summed E-state index contributed by atoms with van der Waals surface area (Å²) < 4.78 is 37.5. The first kappa shape index (κ1) is 21.6. The highest BCUT2D eigenvalue weighted by atomic mass is 19.3. The van der Waals surface area contributed by atoms with Gasteiger partial charge < -0.3 is 4.74 Å². The SMILES string of the molecule is Cc1nc2c(C3C[C@@H]4[C@H](C3)C4(F)F)cc([C@H]3CCO[C@@H](c4cnn(C5CC5)c4)C3)nn2c(=O)c1C. The molecule has 4 heterocycles. The molecule has 3 aromatic rings. The summed E-state index contributed by atoms with van der Waals surface area (Å²) in [5.74, 6) is -3.54. The number of ether oxygens (including phenoxy) is 1. The zero-order chi connectivity index (χ0) is 24.1. The maximum Gasteiger partial charge on any atom is 0.277 e. The van der Waals surface area contributed by atoms with Crippen molar-refractivity contribution in [1.29, 1.82) is 0 Å². The average molecular weight is 482 g/mol. The highest BCUT2D eigenvalue weighted by Crippen LogP contribution is 2.67. The van der Waals surface area contributed by atoms with Crippen LogP contribution in [0.3, 0.4) is 0 Å². The second-order valence-electron chi connectivity index (χ2n) is 11.0. The maximum absolute atomic E-state index is 14.0. The number of hydrogen-bond acceptors (Lipinski definition) is 5. The molecule has 4 aliphatic rings. The summed E-state index contributed by atoms with van der Waals surface area (Å²) >= 11 is 0. The minimum Gasteiger partial charge on any atom is -0.373 e. The Morgan fingerprint density at radius 3 is 2.60 bits per heavy atom. The molecule has 5 atom stereocenters. The molecule has 4 fully saturated rings. The lowest BCUT2D eigenvalue weighted by Gasteiger charge is -2.29. The summed E-state index contributed by atoms with van der Waals surface area (Å²) in [6, 6.07) is 2.56. The number of rotatable bonds is 4. The Labute approximate surface area is 201 Å². The van der Waals surface area contributed by atoms with Gasteiger partial charge in [0.1, 0.15) is 0 Å². The van der Waals surface area contributed by atoms with Gasteiger partial charge in [0.25, 0.3) is 11.5 Å². The molecule has 7 rings (SSSR count). The van der Waals surface area contributed by atoms with Gasteiger partial charge in [0.05, 0.1) is 24.0 Å². The molecule has 1 aliphatic heterocycles. The highest BCUT2D eigenvalue weighted by Gasteiger charge is 2.71. The lowest BCUT2D eigenvalue weighted by molar-refractivity contribution is 0.00440. The van der Waals surface area contributed by atoms with Crippen LogP contribution >= 0.6 is 0 Å². The number of fused-ring (bicyclic) bond motifs is 2. The summed E-state index contributed by atoms with van der Waals surface area (Å²) in [6.45, 7) is 4.18. The Morgan fingerprint density at radius 2 is 1.86 bits per heavy atom. The van der Waals surface area contributed by atoms with Crippen LogP contribution in [0.25, 0.3) is 5.65 Å². The lowest BCUT2D eigenvalue weighted by atomic mass is 9.87. The normalized spacial score (nSPS) is 31.6. The quantitative estimate of drug-likeness (QED) is 0.543. The Bertz CT molecular complexity index is 1380. The molecule has 35 heavy (non-hydrogen) atoms. The molecule has 3 aliphatic carbocycles. The zero-order valence-electron chi connectivity index (χ0n) is 20.0. The van der Waals surface area contributed by atoms with E-state index in [2.05, 4.69) is 11.3 Å². The van der Waals surface area contributed by atoms with Gasteiger partial charge in [-0.15, -0.1) is 0 Å². The van der Waals surface area contributed by atoms with Gasteiger partial charge in [-0.1, -0.05) is 0 Å². The van der Waals surface area contributed by atoms with Gasteiger partial charge in [0.2, 0.25) is 0 Å². The summed E-state index contributed by atoms with van der Waals surface area (Å²) in [5, 5.41) is 9.30. The first-order valence-corrected chi connectivity index (χ1v) is 12.8. The molecule has 3 saturated carbocycles. The van der Waals surface area contributed by atoms with Crippen molar-refractivity contribution in [2.45, 2.75) is 82.3 Å². The van der Waals surface area contributed by atoms with Gasteiger partial charge in [-0.05, 0) is 64.4 Å². The van der Waals surface area contributed by atoms with Crippen molar-refractivity contribution in [1.82, 2.24) is 24.4 Å². The molecule has 184 valence electrons. The van der Waals surface area contributed by atoms with Gasteiger partial charge in [0.15, 0.2) is 5.65 Å². The third-order valence-electron chi connectivity index (χ3n) is 8.81.